The maximum Gasteiger partial charge on any atom is 0.245 e. The van der Waals surface area contributed by atoms with Gasteiger partial charge < -0.3 is 11.1 Å². The highest BCUT2D eigenvalue weighted by atomic mass is 35.5. The normalized spacial score (nSPS) is 17.2. The van der Waals surface area contributed by atoms with Gasteiger partial charge in [0.25, 0.3) is 0 Å². The van der Waals surface area contributed by atoms with E-state index in [1.54, 1.807) is 17.8 Å². The van der Waals surface area contributed by atoms with Gasteiger partial charge in [0, 0.05) is 21.0 Å². The van der Waals surface area contributed by atoms with Crippen molar-refractivity contribution in [1.29, 1.82) is 0 Å². The van der Waals surface area contributed by atoms with Gasteiger partial charge in [-0.05, 0) is 24.3 Å². The summed E-state index contributed by atoms with van der Waals surface area (Å²) < 4.78 is 0. The number of rotatable bonds is 2. The number of carbonyl (C=O) groups excluding carboxylic acids is 1. The first-order valence-electron chi connectivity index (χ1n) is 5.78. The summed E-state index contributed by atoms with van der Waals surface area (Å²) in [4.78, 5) is 13.5. The lowest BCUT2D eigenvalue weighted by molar-refractivity contribution is -0.116. The SMILES string of the molecule is NC1C(=O)Nc2cc(Sc3ccccc3)c(Cl)cc21. The molecule has 1 atom stereocenters. The lowest BCUT2D eigenvalue weighted by Crippen LogP contribution is -2.19. The molecular weight excluding hydrogens is 280 g/mol. The largest absolute Gasteiger partial charge is 0.324 e. The number of carbonyl (C=O) groups is 1. The van der Waals surface area contributed by atoms with Crippen molar-refractivity contribution in [3.8, 4) is 0 Å². The molecule has 1 unspecified atom stereocenters. The molecule has 0 bridgehead atoms. The summed E-state index contributed by atoms with van der Waals surface area (Å²) >= 11 is 7.81. The van der Waals surface area contributed by atoms with Gasteiger partial charge in [0.15, 0.2) is 0 Å². The van der Waals surface area contributed by atoms with Crippen molar-refractivity contribution in [1.82, 2.24) is 0 Å². The van der Waals surface area contributed by atoms with E-state index < -0.39 is 6.04 Å². The van der Waals surface area contributed by atoms with E-state index in [1.807, 2.05) is 36.4 Å². The number of amides is 1. The van der Waals surface area contributed by atoms with Gasteiger partial charge in [0.05, 0.1) is 5.02 Å². The van der Waals surface area contributed by atoms with Gasteiger partial charge in [-0.1, -0.05) is 41.6 Å². The van der Waals surface area contributed by atoms with Crippen LogP contribution in [-0.4, -0.2) is 5.91 Å². The van der Waals surface area contributed by atoms with Crippen LogP contribution in [-0.2, 0) is 4.79 Å². The van der Waals surface area contributed by atoms with E-state index in [9.17, 15) is 4.79 Å². The number of hydrogen-bond acceptors (Lipinski definition) is 3. The molecule has 1 heterocycles. The molecule has 0 saturated heterocycles. The highest BCUT2D eigenvalue weighted by Gasteiger charge is 2.28. The Balaban J connectivity index is 1.97. The fourth-order valence-corrected chi connectivity index (χ4v) is 3.15. The summed E-state index contributed by atoms with van der Waals surface area (Å²) in [5.74, 6) is -0.187. The summed E-state index contributed by atoms with van der Waals surface area (Å²) in [6.45, 7) is 0. The van der Waals surface area contributed by atoms with Crippen molar-refractivity contribution < 1.29 is 4.79 Å². The predicted octanol–water partition coefficient (Wildman–Crippen LogP) is 3.44. The van der Waals surface area contributed by atoms with E-state index in [2.05, 4.69) is 5.32 Å². The van der Waals surface area contributed by atoms with Gasteiger partial charge in [-0.2, -0.15) is 0 Å². The van der Waals surface area contributed by atoms with Crippen LogP contribution in [0.3, 0.4) is 0 Å². The Kier molecular flexibility index (Phi) is 3.22. The smallest absolute Gasteiger partial charge is 0.245 e. The molecule has 2 aromatic rings. The van der Waals surface area contributed by atoms with E-state index in [0.717, 1.165) is 21.0 Å². The molecule has 0 radical (unpaired) electrons. The molecule has 0 saturated carbocycles. The first-order chi connectivity index (χ1) is 9.15. The van der Waals surface area contributed by atoms with Crippen LogP contribution in [0.4, 0.5) is 5.69 Å². The van der Waals surface area contributed by atoms with Crippen molar-refractivity contribution in [2.75, 3.05) is 5.32 Å². The average molecular weight is 291 g/mol. The van der Waals surface area contributed by atoms with Crippen LogP contribution in [0.25, 0.3) is 0 Å². The van der Waals surface area contributed by atoms with E-state index in [-0.39, 0.29) is 5.91 Å². The van der Waals surface area contributed by atoms with Crippen LogP contribution in [0.5, 0.6) is 0 Å². The van der Waals surface area contributed by atoms with Gasteiger partial charge in [-0.3, -0.25) is 4.79 Å². The second-order valence-electron chi connectivity index (χ2n) is 4.25. The molecule has 0 spiro atoms. The molecule has 0 fully saturated rings. The molecule has 1 amide bonds. The quantitative estimate of drug-likeness (QED) is 0.891. The number of nitrogens with two attached hydrogens (primary N) is 1. The van der Waals surface area contributed by atoms with Gasteiger partial charge >= 0.3 is 0 Å². The Morgan fingerprint density at radius 3 is 2.68 bits per heavy atom. The molecule has 3 nitrogen and oxygen atoms in total. The third-order valence-corrected chi connectivity index (χ3v) is 4.44. The Hall–Kier alpha value is -1.49. The second kappa shape index (κ2) is 4.89. The zero-order valence-electron chi connectivity index (χ0n) is 9.89. The summed E-state index contributed by atoms with van der Waals surface area (Å²) in [5.41, 5.74) is 7.29. The molecule has 0 aliphatic carbocycles. The highest BCUT2D eigenvalue weighted by Crippen LogP contribution is 2.40. The first kappa shape index (κ1) is 12.5. The standard InChI is InChI=1S/C14H11ClN2OS/c15-10-6-9-11(17-14(18)13(9)16)7-12(10)19-8-4-2-1-3-5-8/h1-7,13H,16H2,(H,17,18). The van der Waals surface area contributed by atoms with E-state index in [1.165, 1.54) is 0 Å². The van der Waals surface area contributed by atoms with Crippen LogP contribution >= 0.6 is 23.4 Å². The summed E-state index contributed by atoms with van der Waals surface area (Å²) in [5, 5.41) is 3.38. The number of benzene rings is 2. The van der Waals surface area contributed by atoms with Gasteiger partial charge in [0.1, 0.15) is 6.04 Å². The van der Waals surface area contributed by atoms with Crippen LogP contribution in [0.2, 0.25) is 5.02 Å². The van der Waals surface area contributed by atoms with Gasteiger partial charge in [0.2, 0.25) is 5.91 Å². The first-order valence-corrected chi connectivity index (χ1v) is 6.97. The van der Waals surface area contributed by atoms with Crippen molar-refractivity contribution in [2.24, 2.45) is 5.73 Å². The second-order valence-corrected chi connectivity index (χ2v) is 5.77. The number of fused-ring (bicyclic) bond motifs is 1. The minimum Gasteiger partial charge on any atom is -0.324 e. The van der Waals surface area contributed by atoms with E-state index in [4.69, 9.17) is 17.3 Å². The highest BCUT2D eigenvalue weighted by molar-refractivity contribution is 7.99. The van der Waals surface area contributed by atoms with E-state index in [0.29, 0.717) is 5.02 Å². The molecule has 5 heteroatoms. The molecule has 96 valence electrons. The van der Waals surface area contributed by atoms with Crippen molar-refractivity contribution in [3.05, 3.63) is 53.1 Å². The molecule has 0 aromatic heterocycles. The lowest BCUT2D eigenvalue weighted by Gasteiger charge is -2.08. The fraction of sp³-hybridized carbons (Fsp3) is 0.0714. The Morgan fingerprint density at radius 2 is 1.95 bits per heavy atom. The molecule has 19 heavy (non-hydrogen) atoms. The molecular formula is C14H11ClN2OS. The summed E-state index contributed by atoms with van der Waals surface area (Å²) in [6.07, 6.45) is 0. The van der Waals surface area contributed by atoms with Crippen molar-refractivity contribution >= 4 is 35.0 Å². The van der Waals surface area contributed by atoms with E-state index >= 15 is 0 Å². The molecule has 1 aliphatic heterocycles. The number of anilines is 1. The van der Waals surface area contributed by atoms with Gasteiger partial charge in [-0.15, -0.1) is 0 Å². The zero-order valence-corrected chi connectivity index (χ0v) is 11.5. The lowest BCUT2D eigenvalue weighted by atomic mass is 10.1. The fourth-order valence-electron chi connectivity index (χ4n) is 1.98. The van der Waals surface area contributed by atoms with Crippen molar-refractivity contribution in [2.45, 2.75) is 15.8 Å². The molecule has 1 aliphatic rings. The Bertz CT molecular complexity index is 645. The third-order valence-electron chi connectivity index (χ3n) is 2.95. The van der Waals surface area contributed by atoms with Crippen LogP contribution in [0, 0.1) is 0 Å². The maximum absolute atomic E-state index is 11.5. The number of hydrogen-bond donors (Lipinski definition) is 2. The molecule has 3 rings (SSSR count). The summed E-state index contributed by atoms with van der Waals surface area (Å²) in [7, 11) is 0. The Morgan fingerprint density at radius 1 is 1.21 bits per heavy atom. The summed E-state index contributed by atoms with van der Waals surface area (Å²) in [6, 6.07) is 13.0. The van der Waals surface area contributed by atoms with Crippen LogP contribution in [0.1, 0.15) is 11.6 Å². The van der Waals surface area contributed by atoms with Gasteiger partial charge in [-0.25, -0.2) is 0 Å². The number of nitrogens with one attached hydrogen (secondary N) is 1. The third kappa shape index (κ3) is 2.34. The minimum absolute atomic E-state index is 0.187. The average Bonchev–Trinajstić information content (AvgIpc) is 2.67. The van der Waals surface area contributed by atoms with Crippen LogP contribution < -0.4 is 11.1 Å². The zero-order chi connectivity index (χ0) is 13.4. The molecule has 3 N–H and O–H groups in total. The minimum atomic E-state index is -0.622. The Labute approximate surface area is 120 Å². The molecule has 2 aromatic carbocycles. The topological polar surface area (TPSA) is 55.1 Å². The number of halogens is 1. The predicted molar refractivity (Wildman–Crippen MR) is 77.6 cm³/mol. The van der Waals surface area contributed by atoms with Crippen molar-refractivity contribution in [3.63, 3.8) is 0 Å². The maximum atomic E-state index is 11.5. The monoisotopic (exact) mass is 290 g/mol. The van der Waals surface area contributed by atoms with Crippen LogP contribution in [0.15, 0.2) is 52.3 Å².